The summed E-state index contributed by atoms with van der Waals surface area (Å²) in [6.45, 7) is 1.25. The van der Waals surface area contributed by atoms with Crippen molar-refractivity contribution in [1.29, 1.82) is 0 Å². The Labute approximate surface area is 106 Å². The number of carboxylic acid groups (broad SMARTS) is 1. The number of aliphatic carboxylic acids is 1. The van der Waals surface area contributed by atoms with Crippen LogP contribution in [0.4, 0.5) is 0 Å². The third kappa shape index (κ3) is 3.10. The Balaban J connectivity index is 1.86. The Morgan fingerprint density at radius 3 is 2.61 bits per heavy atom. The van der Waals surface area contributed by atoms with Crippen LogP contribution in [0.3, 0.4) is 0 Å². The largest absolute Gasteiger partial charge is 0.481 e. The number of hydrogen-bond acceptors (Lipinski definition) is 3. The van der Waals surface area contributed by atoms with Crippen LogP contribution in [-0.4, -0.2) is 36.2 Å². The second-order valence-electron chi connectivity index (χ2n) is 4.87. The van der Waals surface area contributed by atoms with Gasteiger partial charge in [0.15, 0.2) is 0 Å². The summed E-state index contributed by atoms with van der Waals surface area (Å²) in [5, 5.41) is 11.9. The molecule has 1 aliphatic carbocycles. The van der Waals surface area contributed by atoms with Gasteiger partial charge in [-0.3, -0.25) is 9.59 Å². The maximum atomic E-state index is 12.0. The third-order valence-electron chi connectivity index (χ3n) is 3.61. The van der Waals surface area contributed by atoms with Gasteiger partial charge in [0.2, 0.25) is 5.91 Å². The molecule has 0 aromatic heterocycles. The summed E-state index contributed by atoms with van der Waals surface area (Å²) in [6.07, 6.45) is 6.76. The molecule has 1 unspecified atom stereocenters. The predicted octanol–water partition coefficient (Wildman–Crippen LogP) is 0.949. The molecule has 1 saturated heterocycles. The van der Waals surface area contributed by atoms with Crippen molar-refractivity contribution in [2.45, 2.75) is 31.8 Å². The number of amides is 1. The van der Waals surface area contributed by atoms with E-state index in [2.05, 4.69) is 5.32 Å². The van der Waals surface area contributed by atoms with E-state index in [-0.39, 0.29) is 12.0 Å². The van der Waals surface area contributed by atoms with Crippen LogP contribution in [0.25, 0.3) is 0 Å². The lowest BCUT2D eigenvalue weighted by Gasteiger charge is -2.24. The number of carbonyl (C=O) groups excluding carboxylic acids is 1. The van der Waals surface area contributed by atoms with Gasteiger partial charge < -0.3 is 15.2 Å². The molecule has 0 aromatic rings. The average Bonchev–Trinajstić information content (AvgIpc) is 2.89. The number of ether oxygens (including phenoxy) is 1. The van der Waals surface area contributed by atoms with Crippen LogP contribution >= 0.6 is 0 Å². The minimum atomic E-state index is -0.892. The SMILES string of the molecule is O=C(O)[C@H]1CC=CC[C@H]1C(=O)NCC1CCCO1. The monoisotopic (exact) mass is 253 g/mol. The zero-order valence-electron chi connectivity index (χ0n) is 10.3. The van der Waals surface area contributed by atoms with Gasteiger partial charge in [-0.1, -0.05) is 12.2 Å². The minimum absolute atomic E-state index is 0.0939. The number of allylic oxidation sites excluding steroid dienone is 2. The van der Waals surface area contributed by atoms with E-state index in [1.165, 1.54) is 0 Å². The fraction of sp³-hybridized carbons (Fsp3) is 0.692. The highest BCUT2D eigenvalue weighted by Crippen LogP contribution is 2.26. The highest BCUT2D eigenvalue weighted by molar-refractivity contribution is 5.85. The molecule has 5 heteroatoms. The van der Waals surface area contributed by atoms with E-state index < -0.39 is 17.8 Å². The van der Waals surface area contributed by atoms with Gasteiger partial charge in [0.05, 0.1) is 17.9 Å². The first-order chi connectivity index (χ1) is 8.68. The van der Waals surface area contributed by atoms with Crippen molar-refractivity contribution in [2.24, 2.45) is 11.8 Å². The number of hydrogen-bond donors (Lipinski definition) is 2. The molecular formula is C13H19NO4. The number of carboxylic acids is 1. The molecule has 0 radical (unpaired) electrons. The first kappa shape index (κ1) is 13.1. The van der Waals surface area contributed by atoms with Crippen molar-refractivity contribution < 1.29 is 19.4 Å². The lowest BCUT2D eigenvalue weighted by Crippen LogP contribution is -2.41. The third-order valence-corrected chi connectivity index (χ3v) is 3.61. The van der Waals surface area contributed by atoms with E-state index in [4.69, 9.17) is 9.84 Å². The van der Waals surface area contributed by atoms with Gasteiger partial charge in [-0.25, -0.2) is 0 Å². The quantitative estimate of drug-likeness (QED) is 0.731. The normalized spacial score (nSPS) is 31.2. The second-order valence-corrected chi connectivity index (χ2v) is 4.87. The molecule has 0 aromatic carbocycles. The summed E-state index contributed by atoms with van der Waals surface area (Å²) in [5.74, 6) is -2.10. The van der Waals surface area contributed by atoms with Gasteiger partial charge in [0.25, 0.3) is 0 Å². The average molecular weight is 253 g/mol. The summed E-state index contributed by atoms with van der Waals surface area (Å²) < 4.78 is 5.42. The molecule has 1 fully saturated rings. The van der Waals surface area contributed by atoms with Crippen molar-refractivity contribution in [3.63, 3.8) is 0 Å². The smallest absolute Gasteiger partial charge is 0.307 e. The molecule has 1 aliphatic heterocycles. The van der Waals surface area contributed by atoms with Crippen molar-refractivity contribution in [3.8, 4) is 0 Å². The fourth-order valence-corrected chi connectivity index (χ4v) is 2.53. The van der Waals surface area contributed by atoms with Crippen molar-refractivity contribution >= 4 is 11.9 Å². The topological polar surface area (TPSA) is 75.6 Å². The van der Waals surface area contributed by atoms with Gasteiger partial charge >= 0.3 is 5.97 Å². The standard InChI is InChI=1S/C13H19NO4/c15-12(14-8-9-4-3-7-18-9)10-5-1-2-6-11(10)13(16)17/h1-2,9-11H,3-8H2,(H,14,15)(H,16,17)/t9?,10-,11+/m1/s1. The molecule has 1 heterocycles. The molecule has 2 N–H and O–H groups in total. The van der Waals surface area contributed by atoms with Gasteiger partial charge in [0.1, 0.15) is 0 Å². The van der Waals surface area contributed by atoms with E-state index >= 15 is 0 Å². The molecule has 100 valence electrons. The summed E-state index contributed by atoms with van der Waals surface area (Å²) in [7, 11) is 0. The highest BCUT2D eigenvalue weighted by Gasteiger charge is 2.34. The van der Waals surface area contributed by atoms with Crippen LogP contribution < -0.4 is 5.32 Å². The van der Waals surface area contributed by atoms with Crippen LogP contribution in [0.2, 0.25) is 0 Å². The highest BCUT2D eigenvalue weighted by atomic mass is 16.5. The van der Waals surface area contributed by atoms with Crippen molar-refractivity contribution in [3.05, 3.63) is 12.2 Å². The summed E-state index contributed by atoms with van der Waals surface area (Å²) >= 11 is 0. The molecule has 5 nitrogen and oxygen atoms in total. The first-order valence-corrected chi connectivity index (χ1v) is 6.45. The maximum Gasteiger partial charge on any atom is 0.307 e. The van der Waals surface area contributed by atoms with Crippen molar-refractivity contribution in [1.82, 2.24) is 5.32 Å². The molecule has 0 bridgehead atoms. The van der Waals surface area contributed by atoms with Gasteiger partial charge in [0, 0.05) is 13.2 Å². The molecule has 18 heavy (non-hydrogen) atoms. The lowest BCUT2D eigenvalue weighted by atomic mass is 9.82. The zero-order chi connectivity index (χ0) is 13.0. The number of carbonyl (C=O) groups is 2. The molecule has 3 atom stereocenters. The van der Waals surface area contributed by atoms with E-state index in [9.17, 15) is 9.59 Å². The van der Waals surface area contributed by atoms with E-state index in [1.54, 1.807) is 0 Å². The molecule has 2 rings (SSSR count). The Bertz CT molecular complexity index is 347. The minimum Gasteiger partial charge on any atom is -0.481 e. The summed E-state index contributed by atoms with van der Waals surface area (Å²) in [4.78, 5) is 23.1. The van der Waals surface area contributed by atoms with Crippen LogP contribution in [0, 0.1) is 11.8 Å². The van der Waals surface area contributed by atoms with Gasteiger partial charge in [-0.15, -0.1) is 0 Å². The Morgan fingerprint density at radius 1 is 1.28 bits per heavy atom. The molecule has 0 spiro atoms. The van der Waals surface area contributed by atoms with Crippen molar-refractivity contribution in [2.75, 3.05) is 13.2 Å². The Hall–Kier alpha value is -1.36. The van der Waals surface area contributed by atoms with E-state index in [0.717, 1.165) is 19.4 Å². The number of rotatable bonds is 4. The zero-order valence-corrected chi connectivity index (χ0v) is 10.3. The fourth-order valence-electron chi connectivity index (χ4n) is 2.53. The van der Waals surface area contributed by atoms with Crippen LogP contribution in [0.15, 0.2) is 12.2 Å². The predicted molar refractivity (Wildman–Crippen MR) is 65.0 cm³/mol. The lowest BCUT2D eigenvalue weighted by molar-refractivity contribution is -0.147. The number of nitrogens with one attached hydrogen (secondary N) is 1. The van der Waals surface area contributed by atoms with Crippen LogP contribution in [-0.2, 0) is 14.3 Å². The molecule has 2 aliphatic rings. The van der Waals surface area contributed by atoms with E-state index in [1.807, 2.05) is 12.2 Å². The molecule has 1 amide bonds. The van der Waals surface area contributed by atoms with Gasteiger partial charge in [-0.2, -0.15) is 0 Å². The second kappa shape index (κ2) is 6.00. The van der Waals surface area contributed by atoms with Crippen LogP contribution in [0.5, 0.6) is 0 Å². The molecular weight excluding hydrogens is 234 g/mol. The Kier molecular flexibility index (Phi) is 4.36. The van der Waals surface area contributed by atoms with Gasteiger partial charge in [-0.05, 0) is 25.7 Å². The molecule has 0 saturated carbocycles. The van der Waals surface area contributed by atoms with E-state index in [0.29, 0.717) is 19.4 Å². The Morgan fingerprint density at radius 2 is 2.00 bits per heavy atom. The summed E-state index contributed by atoms with van der Waals surface area (Å²) in [6, 6.07) is 0. The maximum absolute atomic E-state index is 12.0. The first-order valence-electron chi connectivity index (χ1n) is 6.45. The summed E-state index contributed by atoms with van der Waals surface area (Å²) in [5.41, 5.74) is 0. The van der Waals surface area contributed by atoms with Crippen LogP contribution in [0.1, 0.15) is 25.7 Å².